The molecular weight excluding hydrogens is 308 g/mol. The van der Waals surface area contributed by atoms with Gasteiger partial charge in [-0.2, -0.15) is 0 Å². The van der Waals surface area contributed by atoms with E-state index in [1.165, 1.54) is 0 Å². The minimum Gasteiger partial charge on any atom is -0.336 e. The van der Waals surface area contributed by atoms with E-state index in [0.29, 0.717) is 30.6 Å². The van der Waals surface area contributed by atoms with Crippen molar-refractivity contribution in [3.63, 3.8) is 0 Å². The summed E-state index contributed by atoms with van der Waals surface area (Å²) in [5.41, 5.74) is 1.06. The maximum atomic E-state index is 12.7. The number of hydrogen-bond acceptors (Lipinski definition) is 3. The molecule has 0 bridgehead atoms. The second-order valence-corrected chi connectivity index (χ2v) is 6.54. The van der Waals surface area contributed by atoms with Crippen LogP contribution in [0.4, 0.5) is 10.5 Å². The van der Waals surface area contributed by atoms with E-state index in [1.807, 2.05) is 13.8 Å². The Morgan fingerprint density at radius 3 is 2.79 bits per heavy atom. The average Bonchev–Trinajstić information content (AvgIpc) is 2.63. The lowest BCUT2D eigenvalue weighted by molar-refractivity contribution is -0.121. The highest BCUT2D eigenvalue weighted by molar-refractivity contribution is 6.09. The van der Waals surface area contributed by atoms with Gasteiger partial charge in [-0.25, -0.2) is 4.79 Å². The molecule has 1 saturated heterocycles. The summed E-state index contributed by atoms with van der Waals surface area (Å²) >= 11 is 0. The molecule has 2 unspecified atom stereocenters. The van der Waals surface area contributed by atoms with Crippen LogP contribution in [0.1, 0.15) is 37.0 Å². The van der Waals surface area contributed by atoms with E-state index in [1.54, 1.807) is 29.2 Å². The van der Waals surface area contributed by atoms with Gasteiger partial charge in [0.05, 0.1) is 11.3 Å². The molecule has 3 N–H and O–H groups in total. The van der Waals surface area contributed by atoms with Crippen LogP contribution in [0.2, 0.25) is 0 Å². The number of amides is 4. The fourth-order valence-electron chi connectivity index (χ4n) is 3.23. The van der Waals surface area contributed by atoms with Crippen LogP contribution in [0.5, 0.6) is 0 Å². The van der Waals surface area contributed by atoms with Crippen LogP contribution in [0.3, 0.4) is 0 Å². The molecule has 0 aliphatic carbocycles. The molecule has 0 spiro atoms. The standard InChI is InChI=1S/C17H22N4O3/c1-10(2)18-17(24)19-11-7-8-21-14(9-11)15(22)20-13-6-4-3-5-12(13)16(21)23/h3-6,10-11,14H,7-9H2,1-2H3,(H,20,22)(H2,18,19,24). The first kappa shape index (κ1) is 16.3. The van der Waals surface area contributed by atoms with Crippen molar-refractivity contribution in [2.75, 3.05) is 11.9 Å². The van der Waals surface area contributed by atoms with Gasteiger partial charge in [0.1, 0.15) is 6.04 Å². The number of carbonyl (C=O) groups is 3. The molecule has 1 aromatic carbocycles. The smallest absolute Gasteiger partial charge is 0.315 e. The molecule has 7 heteroatoms. The molecule has 3 rings (SSSR count). The lowest BCUT2D eigenvalue weighted by atomic mass is 9.96. The van der Waals surface area contributed by atoms with Crippen LogP contribution in [-0.4, -0.2) is 47.4 Å². The number of urea groups is 1. The fourth-order valence-corrected chi connectivity index (χ4v) is 3.23. The Morgan fingerprint density at radius 2 is 2.04 bits per heavy atom. The first-order valence-corrected chi connectivity index (χ1v) is 8.23. The Hall–Kier alpha value is -2.57. The zero-order chi connectivity index (χ0) is 17.3. The van der Waals surface area contributed by atoms with E-state index in [0.717, 1.165) is 0 Å². The fraction of sp³-hybridized carbons (Fsp3) is 0.471. The van der Waals surface area contributed by atoms with Gasteiger partial charge in [0.2, 0.25) is 5.91 Å². The SMILES string of the molecule is CC(C)NC(=O)NC1CCN2C(=O)c3ccccc3NC(=O)C2C1. The van der Waals surface area contributed by atoms with Crippen molar-refractivity contribution in [1.29, 1.82) is 0 Å². The first-order valence-electron chi connectivity index (χ1n) is 8.23. The second-order valence-electron chi connectivity index (χ2n) is 6.54. The van der Waals surface area contributed by atoms with Gasteiger partial charge in [0.25, 0.3) is 5.91 Å². The topological polar surface area (TPSA) is 90.5 Å². The number of para-hydroxylation sites is 1. The molecule has 7 nitrogen and oxygen atoms in total. The zero-order valence-electron chi connectivity index (χ0n) is 13.8. The van der Waals surface area contributed by atoms with Crippen molar-refractivity contribution in [3.8, 4) is 0 Å². The van der Waals surface area contributed by atoms with Gasteiger partial charge in [-0.1, -0.05) is 12.1 Å². The third kappa shape index (κ3) is 3.20. The number of benzene rings is 1. The molecule has 2 aliphatic rings. The maximum Gasteiger partial charge on any atom is 0.315 e. The molecule has 1 fully saturated rings. The van der Waals surface area contributed by atoms with E-state index in [-0.39, 0.29) is 29.9 Å². The summed E-state index contributed by atoms with van der Waals surface area (Å²) in [6.07, 6.45) is 1.04. The molecular formula is C17H22N4O3. The third-order valence-corrected chi connectivity index (χ3v) is 4.34. The van der Waals surface area contributed by atoms with Gasteiger partial charge in [-0.05, 0) is 38.8 Å². The molecule has 0 radical (unpaired) electrons. The van der Waals surface area contributed by atoms with Crippen LogP contribution in [-0.2, 0) is 4.79 Å². The van der Waals surface area contributed by atoms with Gasteiger partial charge >= 0.3 is 6.03 Å². The summed E-state index contributed by atoms with van der Waals surface area (Å²) in [5.74, 6) is -0.344. The lowest BCUT2D eigenvalue weighted by Crippen LogP contribution is -2.56. The number of fused-ring (bicyclic) bond motifs is 2. The van der Waals surface area contributed by atoms with E-state index in [4.69, 9.17) is 0 Å². The molecule has 24 heavy (non-hydrogen) atoms. The van der Waals surface area contributed by atoms with Crippen LogP contribution < -0.4 is 16.0 Å². The first-order chi connectivity index (χ1) is 11.5. The van der Waals surface area contributed by atoms with Crippen molar-refractivity contribution < 1.29 is 14.4 Å². The molecule has 4 amide bonds. The number of piperidine rings is 1. The largest absolute Gasteiger partial charge is 0.336 e. The van der Waals surface area contributed by atoms with Crippen molar-refractivity contribution >= 4 is 23.5 Å². The number of nitrogens with zero attached hydrogens (tertiary/aromatic N) is 1. The maximum absolute atomic E-state index is 12.7. The Balaban J connectivity index is 1.74. The summed E-state index contributed by atoms with van der Waals surface area (Å²) in [6.45, 7) is 4.21. The summed E-state index contributed by atoms with van der Waals surface area (Å²) in [7, 11) is 0. The highest BCUT2D eigenvalue weighted by Gasteiger charge is 2.40. The van der Waals surface area contributed by atoms with Gasteiger partial charge in [0, 0.05) is 18.6 Å². The minimum atomic E-state index is -0.567. The minimum absolute atomic E-state index is 0.0438. The Bertz CT molecular complexity index is 674. The third-order valence-electron chi connectivity index (χ3n) is 4.34. The van der Waals surface area contributed by atoms with Crippen molar-refractivity contribution in [1.82, 2.24) is 15.5 Å². The van der Waals surface area contributed by atoms with Crippen LogP contribution in [0.15, 0.2) is 24.3 Å². The molecule has 2 atom stereocenters. The Kier molecular flexibility index (Phi) is 4.42. The normalized spacial score (nSPS) is 23.0. The van der Waals surface area contributed by atoms with Crippen molar-refractivity contribution in [3.05, 3.63) is 29.8 Å². The highest BCUT2D eigenvalue weighted by Crippen LogP contribution is 2.28. The predicted octanol–water partition coefficient (Wildman–Crippen LogP) is 1.32. The Morgan fingerprint density at radius 1 is 1.29 bits per heavy atom. The molecule has 2 heterocycles. The number of nitrogens with one attached hydrogen (secondary N) is 3. The second kappa shape index (κ2) is 6.51. The zero-order valence-corrected chi connectivity index (χ0v) is 13.8. The van der Waals surface area contributed by atoms with Gasteiger partial charge in [-0.3, -0.25) is 9.59 Å². The number of carbonyl (C=O) groups excluding carboxylic acids is 3. The molecule has 0 aromatic heterocycles. The number of anilines is 1. The average molecular weight is 330 g/mol. The van der Waals surface area contributed by atoms with Gasteiger partial charge < -0.3 is 20.9 Å². The van der Waals surface area contributed by atoms with E-state index < -0.39 is 6.04 Å². The summed E-state index contributed by atoms with van der Waals surface area (Å²) in [5, 5.41) is 8.50. The summed E-state index contributed by atoms with van der Waals surface area (Å²) in [4.78, 5) is 38.7. The van der Waals surface area contributed by atoms with E-state index in [9.17, 15) is 14.4 Å². The quantitative estimate of drug-likeness (QED) is 0.764. The van der Waals surface area contributed by atoms with Crippen LogP contribution in [0.25, 0.3) is 0 Å². The number of rotatable bonds is 2. The molecule has 2 aliphatic heterocycles. The lowest BCUT2D eigenvalue weighted by Gasteiger charge is -2.37. The molecule has 128 valence electrons. The van der Waals surface area contributed by atoms with Gasteiger partial charge in [0.15, 0.2) is 0 Å². The molecule has 1 aromatic rings. The monoisotopic (exact) mass is 330 g/mol. The summed E-state index contributed by atoms with van der Waals surface area (Å²) < 4.78 is 0. The molecule has 0 saturated carbocycles. The van der Waals surface area contributed by atoms with E-state index >= 15 is 0 Å². The predicted molar refractivity (Wildman–Crippen MR) is 89.7 cm³/mol. The van der Waals surface area contributed by atoms with Crippen LogP contribution >= 0.6 is 0 Å². The van der Waals surface area contributed by atoms with Crippen molar-refractivity contribution in [2.24, 2.45) is 0 Å². The highest BCUT2D eigenvalue weighted by atomic mass is 16.2. The number of hydrogen-bond donors (Lipinski definition) is 3. The van der Waals surface area contributed by atoms with Gasteiger partial charge in [-0.15, -0.1) is 0 Å². The van der Waals surface area contributed by atoms with Crippen LogP contribution in [0, 0.1) is 0 Å². The van der Waals surface area contributed by atoms with Crippen molar-refractivity contribution in [2.45, 2.75) is 44.8 Å². The Labute approximate surface area is 140 Å². The van der Waals surface area contributed by atoms with E-state index in [2.05, 4.69) is 16.0 Å². The summed E-state index contributed by atoms with van der Waals surface area (Å²) in [6, 6.07) is 6.13.